The second-order valence-electron chi connectivity index (χ2n) is 5.83. The fraction of sp³-hybridized carbons (Fsp3) is 0.0952. The fourth-order valence-corrected chi connectivity index (χ4v) is 2.94. The monoisotopic (exact) mass is 429 g/mol. The van der Waals surface area contributed by atoms with Gasteiger partial charge in [0, 0.05) is 33.6 Å². The molecule has 1 amide bonds. The molecule has 29 heavy (non-hydrogen) atoms. The number of carbonyl (C=O) groups excluding carboxylic acids is 1. The van der Waals surface area contributed by atoms with Crippen molar-refractivity contribution in [2.45, 2.75) is 6.61 Å². The zero-order valence-electron chi connectivity index (χ0n) is 15.4. The number of carbonyl (C=O) groups is 1. The number of nitrogens with zero attached hydrogens (tertiary/aromatic N) is 2. The predicted molar refractivity (Wildman–Crippen MR) is 113 cm³/mol. The molecule has 0 aliphatic heterocycles. The van der Waals surface area contributed by atoms with Gasteiger partial charge in [0.15, 0.2) is 11.5 Å². The molecule has 2 aromatic carbocycles. The minimum Gasteiger partial charge on any atom is -0.493 e. The molecule has 3 rings (SSSR count). The van der Waals surface area contributed by atoms with Gasteiger partial charge < -0.3 is 9.47 Å². The van der Waals surface area contributed by atoms with Crippen molar-refractivity contribution in [2.24, 2.45) is 5.10 Å². The molecule has 3 aromatic rings. The molecule has 1 heterocycles. The molecular weight excluding hydrogens is 413 g/mol. The topological polar surface area (TPSA) is 72.8 Å². The zero-order chi connectivity index (χ0) is 20.6. The van der Waals surface area contributed by atoms with Crippen molar-refractivity contribution in [2.75, 3.05) is 7.11 Å². The number of pyridine rings is 1. The minimum atomic E-state index is -0.327. The number of methoxy groups -OCH3 is 1. The maximum Gasteiger partial charge on any atom is 0.271 e. The first kappa shape index (κ1) is 20.6. The molecular formula is C21H17Cl2N3O3. The third kappa shape index (κ3) is 5.47. The number of rotatable bonds is 7. The van der Waals surface area contributed by atoms with E-state index in [4.69, 9.17) is 32.7 Å². The first-order valence-electron chi connectivity index (χ1n) is 8.55. The summed E-state index contributed by atoms with van der Waals surface area (Å²) >= 11 is 12.3. The van der Waals surface area contributed by atoms with E-state index >= 15 is 0 Å². The molecule has 0 aliphatic carbocycles. The first-order chi connectivity index (χ1) is 14.1. The maximum absolute atomic E-state index is 12.0. The number of hydrogen-bond donors (Lipinski definition) is 1. The summed E-state index contributed by atoms with van der Waals surface area (Å²) in [5.74, 6) is 0.714. The Hall–Kier alpha value is -3.09. The molecule has 0 radical (unpaired) electrons. The molecule has 8 heteroatoms. The summed E-state index contributed by atoms with van der Waals surface area (Å²) in [6.45, 7) is 0.199. The van der Waals surface area contributed by atoms with Crippen LogP contribution >= 0.6 is 23.2 Å². The molecule has 0 saturated carbocycles. The van der Waals surface area contributed by atoms with Crippen LogP contribution in [0.2, 0.25) is 10.0 Å². The molecule has 0 unspecified atom stereocenters. The van der Waals surface area contributed by atoms with E-state index in [1.165, 1.54) is 25.7 Å². The van der Waals surface area contributed by atoms with E-state index < -0.39 is 0 Å². The van der Waals surface area contributed by atoms with Gasteiger partial charge in [-0.25, -0.2) is 5.43 Å². The van der Waals surface area contributed by atoms with E-state index in [1.807, 2.05) is 0 Å². The van der Waals surface area contributed by atoms with Crippen molar-refractivity contribution < 1.29 is 14.3 Å². The van der Waals surface area contributed by atoms with Crippen molar-refractivity contribution >= 4 is 35.3 Å². The summed E-state index contributed by atoms with van der Waals surface area (Å²) in [6, 6.07) is 13.8. The first-order valence-corrected chi connectivity index (χ1v) is 9.31. The third-order valence-corrected chi connectivity index (χ3v) is 4.65. The number of amides is 1. The molecule has 0 aliphatic rings. The van der Waals surface area contributed by atoms with Gasteiger partial charge in [-0.1, -0.05) is 29.3 Å². The summed E-state index contributed by atoms with van der Waals surface area (Å²) in [6.07, 6.45) is 4.59. The van der Waals surface area contributed by atoms with Gasteiger partial charge in [0.2, 0.25) is 0 Å². The van der Waals surface area contributed by atoms with Gasteiger partial charge in [-0.2, -0.15) is 5.10 Å². The van der Waals surface area contributed by atoms with Gasteiger partial charge in [0.25, 0.3) is 5.91 Å². The normalized spacial score (nSPS) is 10.7. The van der Waals surface area contributed by atoms with Crippen LogP contribution in [0.1, 0.15) is 21.5 Å². The molecule has 0 saturated heterocycles. The Balaban J connectivity index is 1.66. The lowest BCUT2D eigenvalue weighted by Crippen LogP contribution is -2.17. The summed E-state index contributed by atoms with van der Waals surface area (Å²) < 4.78 is 11.2. The van der Waals surface area contributed by atoms with E-state index in [9.17, 15) is 4.79 Å². The predicted octanol–water partition coefficient (Wildman–Crippen LogP) is 4.74. The lowest BCUT2D eigenvalue weighted by molar-refractivity contribution is 0.0955. The van der Waals surface area contributed by atoms with Gasteiger partial charge in [0.1, 0.15) is 6.61 Å². The molecule has 0 atom stereocenters. The Morgan fingerprint density at radius 2 is 1.83 bits per heavy atom. The van der Waals surface area contributed by atoms with E-state index in [1.54, 1.807) is 48.5 Å². The highest BCUT2D eigenvalue weighted by Crippen LogP contribution is 2.31. The molecule has 6 nitrogen and oxygen atoms in total. The Morgan fingerprint density at radius 1 is 1.10 bits per heavy atom. The minimum absolute atomic E-state index is 0.199. The fourth-order valence-electron chi connectivity index (χ4n) is 2.44. The van der Waals surface area contributed by atoms with Gasteiger partial charge in [-0.05, 0) is 48.0 Å². The summed E-state index contributed by atoms with van der Waals surface area (Å²) in [4.78, 5) is 15.8. The van der Waals surface area contributed by atoms with Crippen LogP contribution in [0.4, 0.5) is 0 Å². The second kappa shape index (κ2) is 9.91. The van der Waals surface area contributed by atoms with Crippen LogP contribution in [0.25, 0.3) is 0 Å². The van der Waals surface area contributed by atoms with Gasteiger partial charge in [0.05, 0.1) is 13.3 Å². The summed E-state index contributed by atoms with van der Waals surface area (Å²) in [5.41, 5.74) is 4.35. The molecule has 0 spiro atoms. The molecule has 0 bridgehead atoms. The molecule has 0 fully saturated rings. The Labute approximate surface area is 178 Å². The van der Waals surface area contributed by atoms with Crippen molar-refractivity contribution in [1.29, 1.82) is 0 Å². The van der Waals surface area contributed by atoms with E-state index in [2.05, 4.69) is 15.5 Å². The van der Waals surface area contributed by atoms with E-state index in [-0.39, 0.29) is 12.5 Å². The Bertz CT molecular complexity index is 1010. The standard InChI is InChI=1S/C21H17Cl2N3O3/c1-28-20-11-14(12-25-26-21(27)15-7-9-24-10-8-15)5-6-19(20)29-13-16-17(22)3-2-4-18(16)23/h2-12H,13H2,1H3,(H,26,27)/b25-12+. The van der Waals surface area contributed by atoms with Crippen LogP contribution < -0.4 is 14.9 Å². The van der Waals surface area contributed by atoms with Gasteiger partial charge in [-0.15, -0.1) is 0 Å². The quantitative estimate of drug-likeness (QED) is 0.434. The lowest BCUT2D eigenvalue weighted by atomic mass is 10.2. The highest BCUT2D eigenvalue weighted by molar-refractivity contribution is 6.35. The summed E-state index contributed by atoms with van der Waals surface area (Å²) in [5, 5.41) is 5.03. The molecule has 1 aromatic heterocycles. The zero-order valence-corrected chi connectivity index (χ0v) is 16.9. The van der Waals surface area contributed by atoms with Gasteiger partial charge in [-0.3, -0.25) is 9.78 Å². The lowest BCUT2D eigenvalue weighted by Gasteiger charge is -2.13. The summed E-state index contributed by atoms with van der Waals surface area (Å²) in [7, 11) is 1.54. The smallest absolute Gasteiger partial charge is 0.271 e. The van der Waals surface area contributed by atoms with E-state index in [0.29, 0.717) is 32.7 Å². The van der Waals surface area contributed by atoms with Crippen molar-refractivity contribution in [3.8, 4) is 11.5 Å². The van der Waals surface area contributed by atoms with Crippen LogP contribution in [0.5, 0.6) is 11.5 Å². The van der Waals surface area contributed by atoms with Crippen molar-refractivity contribution in [3.63, 3.8) is 0 Å². The van der Waals surface area contributed by atoms with Gasteiger partial charge >= 0.3 is 0 Å². The van der Waals surface area contributed by atoms with Crippen molar-refractivity contribution in [1.82, 2.24) is 10.4 Å². The number of aromatic nitrogens is 1. The largest absolute Gasteiger partial charge is 0.493 e. The number of benzene rings is 2. The van der Waals surface area contributed by atoms with E-state index in [0.717, 1.165) is 5.56 Å². The average Bonchev–Trinajstić information content (AvgIpc) is 2.74. The highest BCUT2D eigenvalue weighted by atomic mass is 35.5. The van der Waals surface area contributed by atoms with Crippen LogP contribution in [-0.2, 0) is 6.61 Å². The number of hydrazone groups is 1. The average molecular weight is 430 g/mol. The number of halogens is 2. The number of ether oxygens (including phenoxy) is 2. The number of nitrogens with one attached hydrogen (secondary N) is 1. The van der Waals surface area contributed by atoms with Crippen LogP contribution in [0.15, 0.2) is 66.0 Å². The number of hydrogen-bond acceptors (Lipinski definition) is 5. The highest BCUT2D eigenvalue weighted by Gasteiger charge is 2.10. The second-order valence-corrected chi connectivity index (χ2v) is 6.65. The Morgan fingerprint density at radius 3 is 2.52 bits per heavy atom. The maximum atomic E-state index is 12.0. The SMILES string of the molecule is COc1cc(/C=N/NC(=O)c2ccncc2)ccc1OCc1c(Cl)cccc1Cl. The van der Waals surface area contributed by atoms with Crippen LogP contribution in [0.3, 0.4) is 0 Å². The Kier molecular flexibility index (Phi) is 7.05. The van der Waals surface area contributed by atoms with Crippen molar-refractivity contribution in [3.05, 3.63) is 87.7 Å². The molecule has 148 valence electrons. The van der Waals surface area contributed by atoms with Crippen LogP contribution in [0, 0.1) is 0 Å². The third-order valence-electron chi connectivity index (χ3n) is 3.94. The molecule has 1 N–H and O–H groups in total. The van der Waals surface area contributed by atoms with Crippen LogP contribution in [-0.4, -0.2) is 24.2 Å².